The number of aliphatic hydroxyl groups excluding tert-OH is 2. The third-order valence-corrected chi connectivity index (χ3v) is 10.4. The van der Waals surface area contributed by atoms with Gasteiger partial charge in [-0.3, -0.25) is 0 Å². The third-order valence-electron chi connectivity index (χ3n) is 10.4. The van der Waals surface area contributed by atoms with E-state index in [0.29, 0.717) is 10.8 Å². The lowest BCUT2D eigenvalue weighted by molar-refractivity contribution is -0.127. The Bertz CT molecular complexity index is 531. The Balaban J connectivity index is 0.000000671. The van der Waals surface area contributed by atoms with Crippen LogP contribution in [0.5, 0.6) is 0 Å². The van der Waals surface area contributed by atoms with Gasteiger partial charge in [-0.25, -0.2) is 0 Å². The van der Waals surface area contributed by atoms with Crippen LogP contribution >= 0.6 is 0 Å². The predicted octanol–water partition coefficient (Wildman–Crippen LogP) is 8.25. The highest BCUT2D eigenvalue weighted by Crippen LogP contribution is 2.67. The molecule has 0 saturated heterocycles. The maximum atomic E-state index is 10.2. The molecule has 0 spiro atoms. The number of unbranched alkanes of at least 4 members (excludes halogenated alkanes) is 1. The Labute approximate surface area is 201 Å². The molecule has 4 fully saturated rings. The number of rotatable bonds is 5. The Hall–Kier alpha value is -0.0800. The fourth-order valence-corrected chi connectivity index (χ4v) is 8.76. The molecule has 4 rings (SSSR count). The van der Waals surface area contributed by atoms with Crippen molar-refractivity contribution in [1.29, 1.82) is 0 Å². The van der Waals surface area contributed by atoms with Crippen molar-refractivity contribution in [3.05, 3.63) is 0 Å². The van der Waals surface area contributed by atoms with Crippen LogP contribution in [0.4, 0.5) is 0 Å². The zero-order valence-electron chi connectivity index (χ0n) is 22.8. The standard InChI is InChI=1S/C26H46O.C2H6O.C2H6/c1-18(2)7-5-6-8-19-10-12-23-22-11-9-20-17-21(27)13-15-26(20,4)24(22)14-16-25(19,23)3;1-2-3;1-2/h18-24,27H,5-17H2,1-4H3;3H,2H2,1H3;1-2H3. The summed E-state index contributed by atoms with van der Waals surface area (Å²) in [5.41, 5.74) is 1.19. The Kier molecular flexibility index (Phi) is 11.1. The first-order valence-electron chi connectivity index (χ1n) is 14.5. The number of hydrogen-bond acceptors (Lipinski definition) is 2. The van der Waals surface area contributed by atoms with E-state index in [1.807, 2.05) is 13.8 Å². The van der Waals surface area contributed by atoms with E-state index >= 15 is 0 Å². The van der Waals surface area contributed by atoms with E-state index in [2.05, 4.69) is 27.7 Å². The fourth-order valence-electron chi connectivity index (χ4n) is 8.76. The van der Waals surface area contributed by atoms with Gasteiger partial charge in [0, 0.05) is 6.61 Å². The summed E-state index contributed by atoms with van der Waals surface area (Å²) >= 11 is 0. The van der Waals surface area contributed by atoms with Crippen molar-refractivity contribution in [2.45, 2.75) is 138 Å². The van der Waals surface area contributed by atoms with Gasteiger partial charge in [0.1, 0.15) is 0 Å². The highest BCUT2D eigenvalue weighted by molar-refractivity contribution is 5.09. The average Bonchev–Trinajstić information content (AvgIpc) is 3.10. The van der Waals surface area contributed by atoms with Crippen molar-refractivity contribution in [3.63, 3.8) is 0 Å². The second-order valence-electron chi connectivity index (χ2n) is 12.4. The van der Waals surface area contributed by atoms with Crippen LogP contribution in [0.25, 0.3) is 0 Å². The van der Waals surface area contributed by atoms with Crippen LogP contribution in [0, 0.1) is 46.3 Å². The van der Waals surface area contributed by atoms with E-state index in [-0.39, 0.29) is 12.7 Å². The van der Waals surface area contributed by atoms with E-state index in [4.69, 9.17) is 5.11 Å². The third kappa shape index (κ3) is 5.94. The van der Waals surface area contributed by atoms with Gasteiger partial charge in [0.2, 0.25) is 0 Å². The molecule has 2 nitrogen and oxygen atoms in total. The topological polar surface area (TPSA) is 40.5 Å². The fraction of sp³-hybridized carbons (Fsp3) is 1.00. The normalized spacial score (nSPS) is 42.6. The second kappa shape index (κ2) is 12.6. The molecule has 0 aromatic heterocycles. The molecule has 32 heavy (non-hydrogen) atoms. The minimum atomic E-state index is -0.00446. The first-order valence-corrected chi connectivity index (χ1v) is 14.5. The van der Waals surface area contributed by atoms with Crippen molar-refractivity contribution < 1.29 is 10.2 Å². The highest BCUT2D eigenvalue weighted by atomic mass is 16.3. The average molecular weight is 451 g/mol. The lowest BCUT2D eigenvalue weighted by Crippen LogP contribution is -2.53. The SMILES string of the molecule is CC.CC(C)CCCCC1CCC2C3CCC4CC(O)CCC4(C)C3CCC12C.CCO. The molecular formula is C30H58O2. The Morgan fingerprint density at radius 1 is 0.844 bits per heavy atom. The summed E-state index contributed by atoms with van der Waals surface area (Å²) in [6.07, 6.45) is 18.2. The summed E-state index contributed by atoms with van der Waals surface area (Å²) in [6, 6.07) is 0. The molecule has 0 heterocycles. The van der Waals surface area contributed by atoms with E-state index in [1.54, 1.807) is 6.92 Å². The molecule has 0 aromatic rings. The van der Waals surface area contributed by atoms with Crippen molar-refractivity contribution in [2.75, 3.05) is 6.61 Å². The van der Waals surface area contributed by atoms with Crippen LogP contribution in [0.2, 0.25) is 0 Å². The molecule has 0 radical (unpaired) electrons. The van der Waals surface area contributed by atoms with E-state index in [9.17, 15) is 5.11 Å². The molecule has 190 valence electrons. The molecule has 8 atom stereocenters. The van der Waals surface area contributed by atoms with Crippen molar-refractivity contribution in [3.8, 4) is 0 Å². The Morgan fingerprint density at radius 2 is 1.47 bits per heavy atom. The van der Waals surface area contributed by atoms with Crippen molar-refractivity contribution in [1.82, 2.24) is 0 Å². The maximum absolute atomic E-state index is 10.2. The molecular weight excluding hydrogens is 392 g/mol. The largest absolute Gasteiger partial charge is 0.397 e. The summed E-state index contributed by atoms with van der Waals surface area (Å²) in [4.78, 5) is 0. The predicted molar refractivity (Wildman–Crippen MR) is 139 cm³/mol. The van der Waals surface area contributed by atoms with Crippen LogP contribution in [0.3, 0.4) is 0 Å². The lowest BCUT2D eigenvalue weighted by Gasteiger charge is -2.61. The maximum Gasteiger partial charge on any atom is 0.0543 e. The molecule has 0 aromatic carbocycles. The smallest absolute Gasteiger partial charge is 0.0543 e. The van der Waals surface area contributed by atoms with Crippen molar-refractivity contribution >= 4 is 0 Å². The van der Waals surface area contributed by atoms with Gasteiger partial charge < -0.3 is 10.2 Å². The number of aliphatic hydroxyl groups is 2. The van der Waals surface area contributed by atoms with Crippen LogP contribution in [0.15, 0.2) is 0 Å². The van der Waals surface area contributed by atoms with Gasteiger partial charge in [-0.1, -0.05) is 60.8 Å². The summed E-state index contributed by atoms with van der Waals surface area (Å²) in [6.45, 7) is 16.0. The van der Waals surface area contributed by atoms with Crippen LogP contribution in [-0.2, 0) is 0 Å². The van der Waals surface area contributed by atoms with Gasteiger partial charge in [-0.15, -0.1) is 0 Å². The number of hydrogen-bond donors (Lipinski definition) is 2. The van der Waals surface area contributed by atoms with E-state index in [1.165, 1.54) is 70.6 Å². The lowest BCUT2D eigenvalue weighted by atomic mass is 9.44. The monoisotopic (exact) mass is 450 g/mol. The minimum Gasteiger partial charge on any atom is -0.397 e. The van der Waals surface area contributed by atoms with E-state index in [0.717, 1.165) is 48.3 Å². The second-order valence-corrected chi connectivity index (χ2v) is 12.4. The first kappa shape index (κ1) is 28.2. The van der Waals surface area contributed by atoms with Gasteiger partial charge in [0.25, 0.3) is 0 Å². The molecule has 0 amide bonds. The first-order chi connectivity index (χ1) is 15.3. The minimum absolute atomic E-state index is 0.00446. The zero-order chi connectivity index (χ0) is 23.9. The van der Waals surface area contributed by atoms with E-state index < -0.39 is 0 Å². The number of fused-ring (bicyclic) bond motifs is 5. The summed E-state index contributed by atoms with van der Waals surface area (Å²) < 4.78 is 0. The zero-order valence-corrected chi connectivity index (χ0v) is 22.8. The van der Waals surface area contributed by atoms with Gasteiger partial charge in [0.05, 0.1) is 6.10 Å². The molecule has 0 aliphatic heterocycles. The quantitative estimate of drug-likeness (QED) is 0.414. The molecule has 0 bridgehead atoms. The van der Waals surface area contributed by atoms with Gasteiger partial charge in [-0.05, 0) is 117 Å². The molecule has 4 aliphatic carbocycles. The van der Waals surface area contributed by atoms with Crippen molar-refractivity contribution in [2.24, 2.45) is 46.3 Å². The molecule has 4 saturated carbocycles. The molecule has 4 aliphatic rings. The van der Waals surface area contributed by atoms with Crippen LogP contribution in [0.1, 0.15) is 132 Å². The van der Waals surface area contributed by atoms with Gasteiger partial charge in [-0.2, -0.15) is 0 Å². The van der Waals surface area contributed by atoms with Gasteiger partial charge in [0.15, 0.2) is 0 Å². The van der Waals surface area contributed by atoms with Crippen LogP contribution < -0.4 is 0 Å². The van der Waals surface area contributed by atoms with Gasteiger partial charge >= 0.3 is 0 Å². The summed E-state index contributed by atoms with van der Waals surface area (Å²) in [5, 5.41) is 17.8. The molecule has 8 unspecified atom stereocenters. The molecule has 2 N–H and O–H groups in total. The highest BCUT2D eigenvalue weighted by Gasteiger charge is 2.59. The summed E-state index contributed by atoms with van der Waals surface area (Å²) in [7, 11) is 0. The van der Waals surface area contributed by atoms with Crippen LogP contribution in [-0.4, -0.2) is 22.9 Å². The summed E-state index contributed by atoms with van der Waals surface area (Å²) in [5.74, 6) is 5.66. The Morgan fingerprint density at radius 3 is 2.12 bits per heavy atom. The molecule has 2 heteroatoms.